The fraction of sp³-hybridized carbons (Fsp3) is 0.600. The maximum Gasteiger partial charge on any atom is 0.237 e. The minimum Gasteiger partial charge on any atom is -0.333 e. The summed E-state index contributed by atoms with van der Waals surface area (Å²) in [7, 11) is 0. The number of carbonyl (C=O) groups excluding carboxylic acids is 1. The molecule has 0 saturated carbocycles. The van der Waals surface area contributed by atoms with Gasteiger partial charge in [0.15, 0.2) is 0 Å². The molecule has 1 aromatic rings. The Labute approximate surface area is 116 Å². The Bertz CT molecular complexity index is 396. The van der Waals surface area contributed by atoms with Crippen LogP contribution in [-0.2, 0) is 11.3 Å². The average Bonchev–Trinajstić information content (AvgIpc) is 2.33. The summed E-state index contributed by atoms with van der Waals surface area (Å²) in [6, 6.07) is 5.93. The van der Waals surface area contributed by atoms with Crippen LogP contribution >= 0.6 is 0 Å². The van der Waals surface area contributed by atoms with Crippen molar-refractivity contribution in [1.29, 1.82) is 0 Å². The maximum atomic E-state index is 12.3. The summed E-state index contributed by atoms with van der Waals surface area (Å²) in [4.78, 5) is 18.4. The zero-order valence-corrected chi connectivity index (χ0v) is 12.6. The molecule has 0 aliphatic carbocycles. The normalized spacial score (nSPS) is 11.7. The Balaban J connectivity index is 2.65. The average molecular weight is 263 g/mol. The number of rotatable bonds is 5. The highest BCUT2D eigenvalue weighted by molar-refractivity contribution is 5.78. The summed E-state index contributed by atoms with van der Waals surface area (Å²) in [5, 5.41) is 3.23. The second-order valence-electron chi connectivity index (χ2n) is 6.04. The van der Waals surface area contributed by atoms with Crippen LogP contribution in [0.15, 0.2) is 24.4 Å². The third-order valence-electron chi connectivity index (χ3n) is 2.77. The van der Waals surface area contributed by atoms with Crippen molar-refractivity contribution in [2.75, 3.05) is 6.54 Å². The molecule has 0 aliphatic rings. The second-order valence-corrected chi connectivity index (χ2v) is 6.04. The van der Waals surface area contributed by atoms with Crippen molar-refractivity contribution in [2.24, 2.45) is 0 Å². The summed E-state index contributed by atoms with van der Waals surface area (Å²) in [6.07, 6.45) is 1.76. The summed E-state index contributed by atoms with van der Waals surface area (Å²) in [5.41, 5.74) is 0.865. The van der Waals surface area contributed by atoms with Gasteiger partial charge in [-0.05, 0) is 46.8 Å². The van der Waals surface area contributed by atoms with Crippen molar-refractivity contribution in [2.45, 2.75) is 52.7 Å². The molecule has 0 aromatic carbocycles. The molecule has 0 radical (unpaired) electrons. The molecule has 0 aliphatic heterocycles. The molecule has 1 rings (SSSR count). The molecular formula is C15H25N3O. The van der Waals surface area contributed by atoms with E-state index < -0.39 is 0 Å². The third-order valence-corrected chi connectivity index (χ3v) is 2.77. The molecule has 0 fully saturated rings. The lowest BCUT2D eigenvalue weighted by atomic mass is 10.1. The lowest BCUT2D eigenvalue weighted by Crippen LogP contribution is -2.46. The molecule has 106 valence electrons. The molecule has 0 bridgehead atoms. The number of hydrogen-bond acceptors (Lipinski definition) is 3. The van der Waals surface area contributed by atoms with E-state index >= 15 is 0 Å². The lowest BCUT2D eigenvalue weighted by Gasteiger charge is -2.28. The molecule has 4 nitrogen and oxygen atoms in total. The highest BCUT2D eigenvalue weighted by atomic mass is 16.2. The summed E-state index contributed by atoms with van der Waals surface area (Å²) in [6.45, 7) is 11.1. The van der Waals surface area contributed by atoms with Gasteiger partial charge in [-0.25, -0.2) is 0 Å². The first kappa shape index (κ1) is 15.6. The first-order chi connectivity index (χ1) is 8.79. The maximum absolute atomic E-state index is 12.3. The predicted molar refractivity (Wildman–Crippen MR) is 77.7 cm³/mol. The van der Waals surface area contributed by atoms with Crippen molar-refractivity contribution in [3.05, 3.63) is 30.1 Å². The van der Waals surface area contributed by atoms with E-state index in [0.717, 1.165) is 5.69 Å². The van der Waals surface area contributed by atoms with E-state index in [-0.39, 0.29) is 17.5 Å². The van der Waals surface area contributed by atoms with Crippen molar-refractivity contribution in [3.8, 4) is 0 Å². The van der Waals surface area contributed by atoms with E-state index in [1.807, 2.05) is 36.9 Å². The van der Waals surface area contributed by atoms with Crippen LogP contribution in [-0.4, -0.2) is 33.9 Å². The van der Waals surface area contributed by atoms with Crippen LogP contribution < -0.4 is 5.32 Å². The minimum atomic E-state index is -0.0523. The SMILES string of the molecule is CC(C)N(Cc1ccccn1)C(=O)CNC(C)(C)C. The van der Waals surface area contributed by atoms with Gasteiger partial charge in [0.05, 0.1) is 18.8 Å². The molecule has 0 saturated heterocycles. The third kappa shape index (κ3) is 5.83. The molecule has 0 atom stereocenters. The van der Waals surface area contributed by atoms with Crippen LogP contribution in [0.4, 0.5) is 0 Å². The van der Waals surface area contributed by atoms with Crippen molar-refractivity contribution in [3.63, 3.8) is 0 Å². The van der Waals surface area contributed by atoms with E-state index in [2.05, 4.69) is 31.1 Å². The molecule has 19 heavy (non-hydrogen) atoms. The number of pyridine rings is 1. The van der Waals surface area contributed by atoms with Crippen molar-refractivity contribution < 1.29 is 4.79 Å². The van der Waals surface area contributed by atoms with Gasteiger partial charge in [-0.15, -0.1) is 0 Å². The lowest BCUT2D eigenvalue weighted by molar-refractivity contribution is -0.133. The van der Waals surface area contributed by atoms with Gasteiger partial charge < -0.3 is 10.2 Å². The number of aromatic nitrogens is 1. The Hall–Kier alpha value is -1.42. The predicted octanol–water partition coefficient (Wildman–Crippen LogP) is 2.21. The van der Waals surface area contributed by atoms with Crippen molar-refractivity contribution >= 4 is 5.91 Å². The zero-order valence-electron chi connectivity index (χ0n) is 12.6. The van der Waals surface area contributed by atoms with Crippen LogP contribution in [0.5, 0.6) is 0 Å². The van der Waals surface area contributed by atoms with Crippen LogP contribution in [0.2, 0.25) is 0 Å². The van der Waals surface area contributed by atoms with Gasteiger partial charge in [0, 0.05) is 17.8 Å². The Morgan fingerprint density at radius 1 is 1.37 bits per heavy atom. The fourth-order valence-corrected chi connectivity index (χ4v) is 1.67. The minimum absolute atomic E-state index is 0.0523. The van der Waals surface area contributed by atoms with Gasteiger partial charge in [-0.1, -0.05) is 6.07 Å². The smallest absolute Gasteiger partial charge is 0.237 e. The largest absolute Gasteiger partial charge is 0.333 e. The van der Waals surface area contributed by atoms with E-state index in [4.69, 9.17) is 0 Å². The summed E-state index contributed by atoms with van der Waals surface area (Å²) < 4.78 is 0. The Morgan fingerprint density at radius 3 is 2.53 bits per heavy atom. The highest BCUT2D eigenvalue weighted by Crippen LogP contribution is 2.07. The van der Waals surface area contributed by atoms with Crippen LogP contribution in [0.1, 0.15) is 40.3 Å². The molecular weight excluding hydrogens is 238 g/mol. The summed E-state index contributed by atoms with van der Waals surface area (Å²) >= 11 is 0. The molecule has 1 N–H and O–H groups in total. The molecule has 1 heterocycles. The van der Waals surface area contributed by atoms with Gasteiger partial charge in [0.2, 0.25) is 5.91 Å². The van der Waals surface area contributed by atoms with Gasteiger partial charge in [0.1, 0.15) is 0 Å². The molecule has 0 unspecified atom stereocenters. The summed E-state index contributed by atoms with van der Waals surface area (Å²) in [5.74, 6) is 0.107. The van der Waals surface area contributed by atoms with Crippen LogP contribution in [0, 0.1) is 0 Å². The van der Waals surface area contributed by atoms with Gasteiger partial charge in [0.25, 0.3) is 0 Å². The zero-order chi connectivity index (χ0) is 14.5. The molecule has 4 heteroatoms. The van der Waals surface area contributed by atoms with Gasteiger partial charge in [-0.2, -0.15) is 0 Å². The first-order valence-electron chi connectivity index (χ1n) is 6.74. The van der Waals surface area contributed by atoms with E-state index in [9.17, 15) is 4.79 Å². The van der Waals surface area contributed by atoms with E-state index in [0.29, 0.717) is 13.1 Å². The van der Waals surface area contributed by atoms with E-state index in [1.165, 1.54) is 0 Å². The standard InChI is InChI=1S/C15H25N3O/c1-12(2)18(11-13-8-6-7-9-16-13)14(19)10-17-15(3,4)5/h6-9,12,17H,10-11H2,1-5H3. The Kier molecular flexibility index (Phi) is 5.48. The number of carbonyl (C=O) groups is 1. The second kappa shape index (κ2) is 6.66. The number of amides is 1. The molecule has 1 amide bonds. The molecule has 1 aromatic heterocycles. The highest BCUT2D eigenvalue weighted by Gasteiger charge is 2.19. The van der Waals surface area contributed by atoms with E-state index in [1.54, 1.807) is 6.20 Å². The number of nitrogens with zero attached hydrogens (tertiary/aromatic N) is 2. The quantitative estimate of drug-likeness (QED) is 0.886. The monoisotopic (exact) mass is 263 g/mol. The molecule has 0 spiro atoms. The van der Waals surface area contributed by atoms with Crippen molar-refractivity contribution in [1.82, 2.24) is 15.2 Å². The van der Waals surface area contributed by atoms with Gasteiger partial charge >= 0.3 is 0 Å². The fourth-order valence-electron chi connectivity index (χ4n) is 1.67. The number of hydrogen-bond donors (Lipinski definition) is 1. The van der Waals surface area contributed by atoms with Crippen LogP contribution in [0.25, 0.3) is 0 Å². The van der Waals surface area contributed by atoms with Gasteiger partial charge in [-0.3, -0.25) is 9.78 Å². The Morgan fingerprint density at radius 2 is 2.05 bits per heavy atom. The first-order valence-corrected chi connectivity index (χ1v) is 6.74. The van der Waals surface area contributed by atoms with Crippen LogP contribution in [0.3, 0.4) is 0 Å². The topological polar surface area (TPSA) is 45.2 Å². The number of nitrogens with one attached hydrogen (secondary N) is 1.